The molecule has 0 aromatic carbocycles. The number of carbonyl (C=O) groups is 1. The Balaban J connectivity index is 2.49. The Labute approximate surface area is 107 Å². The van der Waals surface area contributed by atoms with Gasteiger partial charge in [-0.1, -0.05) is 19.8 Å². The summed E-state index contributed by atoms with van der Waals surface area (Å²) in [6.45, 7) is 2.51. The van der Waals surface area contributed by atoms with Crippen LogP contribution in [0, 0.1) is 11.3 Å². The van der Waals surface area contributed by atoms with Gasteiger partial charge in [-0.15, -0.1) is 0 Å². The zero-order valence-corrected chi connectivity index (χ0v) is 11.1. The first-order valence-electron chi connectivity index (χ1n) is 6.48. The molecule has 18 heavy (non-hydrogen) atoms. The van der Waals surface area contributed by atoms with E-state index in [1.54, 1.807) is 11.9 Å². The summed E-state index contributed by atoms with van der Waals surface area (Å²) in [6, 6.07) is 0. The Bertz CT molecular complexity index is 280. The quantitative estimate of drug-likeness (QED) is 0.711. The van der Waals surface area contributed by atoms with Crippen LogP contribution in [0.3, 0.4) is 0 Å². The van der Waals surface area contributed by atoms with Crippen LogP contribution in [0.4, 0.5) is 13.2 Å². The van der Waals surface area contributed by atoms with Gasteiger partial charge in [0.15, 0.2) is 0 Å². The maximum absolute atomic E-state index is 12.1. The maximum Gasteiger partial charge on any atom is 0.390 e. The van der Waals surface area contributed by atoms with Gasteiger partial charge >= 0.3 is 6.18 Å². The summed E-state index contributed by atoms with van der Waals surface area (Å²) in [4.78, 5) is 13.0. The minimum Gasteiger partial charge on any atom is -0.305 e. The minimum atomic E-state index is -4.12. The first-order chi connectivity index (χ1) is 8.26. The highest BCUT2D eigenvalue weighted by Crippen LogP contribution is 2.38. The Morgan fingerprint density at radius 3 is 2.61 bits per heavy atom. The van der Waals surface area contributed by atoms with Crippen LogP contribution < -0.4 is 0 Å². The Morgan fingerprint density at radius 2 is 2.11 bits per heavy atom. The highest BCUT2D eigenvalue weighted by Gasteiger charge is 2.36. The third-order valence-electron chi connectivity index (χ3n) is 3.74. The topological polar surface area (TPSA) is 20.3 Å². The van der Waals surface area contributed by atoms with Crippen LogP contribution in [-0.4, -0.2) is 37.5 Å². The van der Waals surface area contributed by atoms with Crippen LogP contribution >= 0.6 is 0 Å². The van der Waals surface area contributed by atoms with Gasteiger partial charge in [-0.05, 0) is 25.8 Å². The number of hydrogen-bond acceptors (Lipinski definition) is 2. The number of halogens is 3. The third-order valence-corrected chi connectivity index (χ3v) is 3.74. The van der Waals surface area contributed by atoms with Crippen molar-refractivity contribution in [3.63, 3.8) is 0 Å². The van der Waals surface area contributed by atoms with Gasteiger partial charge in [0, 0.05) is 18.5 Å². The molecule has 1 fully saturated rings. The van der Waals surface area contributed by atoms with E-state index in [1.165, 1.54) is 0 Å². The molecule has 1 rings (SSSR count). The van der Waals surface area contributed by atoms with Crippen molar-refractivity contribution in [2.24, 2.45) is 11.3 Å². The molecular formula is C13H22F3NO. The number of nitrogens with zero attached hydrogens (tertiary/aromatic N) is 1. The zero-order valence-electron chi connectivity index (χ0n) is 11.1. The van der Waals surface area contributed by atoms with Crippen molar-refractivity contribution in [3.8, 4) is 0 Å². The predicted molar refractivity (Wildman–Crippen MR) is 64.3 cm³/mol. The van der Waals surface area contributed by atoms with Crippen LogP contribution in [0.5, 0.6) is 0 Å². The lowest BCUT2D eigenvalue weighted by Gasteiger charge is -2.38. The molecule has 1 saturated carbocycles. The second-order valence-corrected chi connectivity index (χ2v) is 5.78. The molecule has 1 aliphatic rings. The van der Waals surface area contributed by atoms with E-state index < -0.39 is 18.0 Å². The first-order valence-corrected chi connectivity index (χ1v) is 6.48. The number of aldehydes is 1. The van der Waals surface area contributed by atoms with E-state index in [-0.39, 0.29) is 6.54 Å². The lowest BCUT2D eigenvalue weighted by molar-refractivity contribution is -0.138. The van der Waals surface area contributed by atoms with Gasteiger partial charge in [-0.2, -0.15) is 13.2 Å². The standard InChI is InChI=1S/C13H22F3NO/c1-11-4-3-5-12(8-11,10-18)9-17(2)7-6-13(14,15)16/h10-11H,3-9H2,1-2H3. The molecule has 0 aromatic rings. The van der Waals surface area contributed by atoms with E-state index in [0.717, 1.165) is 32.0 Å². The van der Waals surface area contributed by atoms with E-state index >= 15 is 0 Å². The average Bonchev–Trinajstić information content (AvgIpc) is 2.25. The van der Waals surface area contributed by atoms with Gasteiger partial charge in [-0.3, -0.25) is 0 Å². The molecular weight excluding hydrogens is 243 g/mol. The molecule has 0 bridgehead atoms. The number of hydrogen-bond donors (Lipinski definition) is 0. The lowest BCUT2D eigenvalue weighted by atomic mass is 9.71. The second-order valence-electron chi connectivity index (χ2n) is 5.78. The van der Waals surface area contributed by atoms with Crippen LogP contribution in [0.2, 0.25) is 0 Å². The molecule has 1 aliphatic carbocycles. The molecule has 106 valence electrons. The molecule has 0 aliphatic heterocycles. The van der Waals surface area contributed by atoms with E-state index in [0.29, 0.717) is 12.5 Å². The maximum atomic E-state index is 12.1. The largest absolute Gasteiger partial charge is 0.390 e. The fraction of sp³-hybridized carbons (Fsp3) is 0.923. The van der Waals surface area contributed by atoms with Crippen LogP contribution in [0.15, 0.2) is 0 Å². The smallest absolute Gasteiger partial charge is 0.305 e. The highest BCUT2D eigenvalue weighted by atomic mass is 19.4. The minimum absolute atomic E-state index is 0.0343. The van der Waals surface area contributed by atoms with Gasteiger partial charge in [0.2, 0.25) is 0 Å². The molecule has 0 spiro atoms. The predicted octanol–water partition coefficient (Wildman–Crippen LogP) is 3.27. The number of rotatable bonds is 5. The Morgan fingerprint density at radius 1 is 1.44 bits per heavy atom. The third kappa shape index (κ3) is 4.96. The summed E-state index contributed by atoms with van der Waals surface area (Å²) in [5.41, 5.74) is -0.433. The van der Waals surface area contributed by atoms with Gasteiger partial charge < -0.3 is 9.69 Å². The highest BCUT2D eigenvalue weighted by molar-refractivity contribution is 5.60. The van der Waals surface area contributed by atoms with E-state index in [2.05, 4.69) is 6.92 Å². The summed E-state index contributed by atoms with van der Waals surface area (Å²) in [5, 5.41) is 0. The van der Waals surface area contributed by atoms with Crippen LogP contribution in [0.25, 0.3) is 0 Å². The van der Waals surface area contributed by atoms with Crippen molar-refractivity contribution in [3.05, 3.63) is 0 Å². The average molecular weight is 265 g/mol. The fourth-order valence-corrected chi connectivity index (χ4v) is 2.92. The van der Waals surface area contributed by atoms with Gasteiger partial charge in [0.05, 0.1) is 6.42 Å². The van der Waals surface area contributed by atoms with E-state index in [1.807, 2.05) is 0 Å². The summed E-state index contributed by atoms with van der Waals surface area (Å²) in [5.74, 6) is 0.486. The number of carbonyl (C=O) groups excluding carboxylic acids is 1. The molecule has 0 aromatic heterocycles. The van der Waals surface area contributed by atoms with Crippen molar-refractivity contribution in [1.82, 2.24) is 4.90 Å². The van der Waals surface area contributed by atoms with Crippen LogP contribution in [0.1, 0.15) is 39.0 Å². The zero-order chi connectivity index (χ0) is 13.8. The van der Waals surface area contributed by atoms with Crippen LogP contribution in [-0.2, 0) is 4.79 Å². The van der Waals surface area contributed by atoms with Gasteiger partial charge in [-0.25, -0.2) is 0 Å². The Hall–Kier alpha value is -0.580. The number of alkyl halides is 3. The van der Waals surface area contributed by atoms with Crippen molar-refractivity contribution in [2.75, 3.05) is 20.1 Å². The molecule has 0 saturated heterocycles. The van der Waals surface area contributed by atoms with Gasteiger partial charge in [0.1, 0.15) is 6.29 Å². The fourth-order valence-electron chi connectivity index (χ4n) is 2.92. The monoisotopic (exact) mass is 265 g/mol. The summed E-state index contributed by atoms with van der Waals surface area (Å²) >= 11 is 0. The molecule has 5 heteroatoms. The molecule has 2 atom stereocenters. The SMILES string of the molecule is CC1CCCC(C=O)(CN(C)CCC(F)(F)F)C1. The normalized spacial score (nSPS) is 29.6. The first kappa shape index (κ1) is 15.5. The summed E-state index contributed by atoms with van der Waals surface area (Å²) in [7, 11) is 1.66. The molecule has 2 unspecified atom stereocenters. The van der Waals surface area contributed by atoms with Crippen molar-refractivity contribution in [1.29, 1.82) is 0 Å². The summed E-state index contributed by atoms with van der Waals surface area (Å²) in [6.07, 6.45) is -0.262. The van der Waals surface area contributed by atoms with Crippen molar-refractivity contribution < 1.29 is 18.0 Å². The van der Waals surface area contributed by atoms with Gasteiger partial charge in [0.25, 0.3) is 0 Å². The molecule has 0 amide bonds. The lowest BCUT2D eigenvalue weighted by Crippen LogP contribution is -2.41. The van der Waals surface area contributed by atoms with Crippen molar-refractivity contribution >= 4 is 6.29 Å². The Kier molecular flexibility index (Phi) is 5.20. The van der Waals surface area contributed by atoms with E-state index in [4.69, 9.17) is 0 Å². The molecule has 0 radical (unpaired) electrons. The van der Waals surface area contributed by atoms with Crippen molar-refractivity contribution in [2.45, 2.75) is 45.2 Å². The second kappa shape index (κ2) is 6.04. The molecule has 2 nitrogen and oxygen atoms in total. The molecule has 0 N–H and O–H groups in total. The summed E-state index contributed by atoms with van der Waals surface area (Å²) < 4.78 is 36.4. The van der Waals surface area contributed by atoms with E-state index in [9.17, 15) is 18.0 Å². The molecule has 0 heterocycles.